The van der Waals surface area contributed by atoms with E-state index in [0.717, 1.165) is 39.0 Å². The van der Waals surface area contributed by atoms with Gasteiger partial charge < -0.3 is 10.1 Å². The van der Waals surface area contributed by atoms with Crippen LogP contribution in [0.15, 0.2) is 0 Å². The van der Waals surface area contributed by atoms with Crippen molar-refractivity contribution in [1.82, 2.24) is 10.2 Å². The Kier molecular flexibility index (Phi) is 6.84. The Labute approximate surface area is 96.1 Å². The van der Waals surface area contributed by atoms with Gasteiger partial charge in [-0.1, -0.05) is 6.92 Å². The molecular weight excluding hydrogens is 214 g/mol. The first-order chi connectivity index (χ1) is 7.72. The molecule has 16 heavy (non-hydrogen) atoms. The predicted molar refractivity (Wildman–Crippen MR) is 60.0 cm³/mol. The van der Waals surface area contributed by atoms with E-state index in [0.29, 0.717) is 12.6 Å². The summed E-state index contributed by atoms with van der Waals surface area (Å²) in [5, 5.41) is 3.47. The zero-order valence-corrected chi connectivity index (χ0v) is 9.92. The highest BCUT2D eigenvalue weighted by Crippen LogP contribution is 2.03. The van der Waals surface area contributed by atoms with Crippen molar-refractivity contribution in [3.8, 4) is 0 Å². The van der Waals surface area contributed by atoms with Gasteiger partial charge in [-0.25, -0.2) is 8.78 Å². The largest absolute Gasteiger partial charge is 0.374 e. The Morgan fingerprint density at radius 3 is 3.00 bits per heavy atom. The normalized spacial score (nSPS) is 23.6. The quantitative estimate of drug-likeness (QED) is 0.704. The fourth-order valence-electron chi connectivity index (χ4n) is 1.92. The minimum Gasteiger partial charge on any atom is -0.374 e. The third-order valence-electron chi connectivity index (χ3n) is 2.85. The van der Waals surface area contributed by atoms with Gasteiger partial charge in [-0.05, 0) is 25.9 Å². The second-order valence-electron chi connectivity index (χ2n) is 4.18. The summed E-state index contributed by atoms with van der Waals surface area (Å²) >= 11 is 0. The minimum atomic E-state index is -2.35. The zero-order valence-electron chi connectivity index (χ0n) is 9.92. The second-order valence-corrected chi connectivity index (χ2v) is 4.18. The van der Waals surface area contributed by atoms with E-state index in [-0.39, 0.29) is 0 Å². The van der Waals surface area contributed by atoms with Gasteiger partial charge in [-0.15, -0.1) is 0 Å². The number of rotatable bonds is 6. The first-order valence-electron chi connectivity index (χ1n) is 6.04. The van der Waals surface area contributed by atoms with Gasteiger partial charge >= 0.3 is 0 Å². The Hall–Kier alpha value is -0.260. The number of hydrogen-bond acceptors (Lipinski definition) is 3. The third kappa shape index (κ3) is 5.72. The van der Waals surface area contributed by atoms with Crippen LogP contribution in [-0.4, -0.2) is 56.8 Å². The lowest BCUT2D eigenvalue weighted by Gasteiger charge is -2.23. The van der Waals surface area contributed by atoms with Crippen LogP contribution in [0.4, 0.5) is 8.78 Å². The summed E-state index contributed by atoms with van der Waals surface area (Å²) in [4.78, 5) is 2.29. The molecule has 0 amide bonds. The SMILES string of the molecule is CCC1CN(CCOCC(F)F)CCCN1. The predicted octanol–water partition coefficient (Wildman–Crippen LogP) is 1.34. The molecule has 1 rings (SSSR count). The van der Waals surface area contributed by atoms with Crippen LogP contribution < -0.4 is 5.32 Å². The van der Waals surface area contributed by atoms with Crippen molar-refractivity contribution in [2.24, 2.45) is 0 Å². The van der Waals surface area contributed by atoms with Crippen LogP contribution in [0.25, 0.3) is 0 Å². The molecule has 5 heteroatoms. The first-order valence-corrected chi connectivity index (χ1v) is 6.04. The highest BCUT2D eigenvalue weighted by atomic mass is 19.3. The van der Waals surface area contributed by atoms with Crippen molar-refractivity contribution in [3.63, 3.8) is 0 Å². The van der Waals surface area contributed by atoms with E-state index in [1.807, 2.05) is 0 Å². The van der Waals surface area contributed by atoms with E-state index in [2.05, 4.69) is 17.1 Å². The molecule has 1 aliphatic heterocycles. The number of ether oxygens (including phenoxy) is 1. The number of nitrogens with one attached hydrogen (secondary N) is 1. The van der Waals surface area contributed by atoms with E-state index in [4.69, 9.17) is 4.74 Å². The maximum Gasteiger partial charge on any atom is 0.261 e. The molecule has 0 aliphatic carbocycles. The number of nitrogens with zero attached hydrogens (tertiary/aromatic N) is 1. The lowest BCUT2D eigenvalue weighted by atomic mass is 10.2. The fraction of sp³-hybridized carbons (Fsp3) is 1.00. The van der Waals surface area contributed by atoms with Crippen LogP contribution in [0, 0.1) is 0 Å². The van der Waals surface area contributed by atoms with Crippen LogP contribution in [0.1, 0.15) is 19.8 Å². The van der Waals surface area contributed by atoms with Gasteiger partial charge in [-0.2, -0.15) is 0 Å². The van der Waals surface area contributed by atoms with Crippen molar-refractivity contribution >= 4 is 0 Å². The molecule has 0 aromatic heterocycles. The lowest BCUT2D eigenvalue weighted by molar-refractivity contribution is 0.00965. The highest BCUT2D eigenvalue weighted by molar-refractivity contribution is 4.75. The third-order valence-corrected chi connectivity index (χ3v) is 2.85. The Morgan fingerprint density at radius 2 is 2.31 bits per heavy atom. The van der Waals surface area contributed by atoms with E-state index in [1.54, 1.807) is 0 Å². The Morgan fingerprint density at radius 1 is 1.50 bits per heavy atom. The molecule has 1 aliphatic rings. The van der Waals surface area contributed by atoms with E-state index in [9.17, 15) is 8.78 Å². The number of hydrogen-bond donors (Lipinski definition) is 1. The topological polar surface area (TPSA) is 24.5 Å². The molecule has 0 bridgehead atoms. The van der Waals surface area contributed by atoms with Crippen molar-refractivity contribution < 1.29 is 13.5 Å². The molecule has 1 fully saturated rings. The molecule has 1 unspecified atom stereocenters. The van der Waals surface area contributed by atoms with E-state index in [1.165, 1.54) is 0 Å². The molecule has 1 heterocycles. The van der Waals surface area contributed by atoms with Crippen molar-refractivity contribution in [2.45, 2.75) is 32.2 Å². The monoisotopic (exact) mass is 236 g/mol. The Balaban J connectivity index is 2.14. The van der Waals surface area contributed by atoms with Crippen LogP contribution in [0.3, 0.4) is 0 Å². The average Bonchev–Trinajstić information content (AvgIpc) is 2.49. The van der Waals surface area contributed by atoms with Crippen molar-refractivity contribution in [2.75, 3.05) is 39.4 Å². The molecule has 1 N–H and O–H groups in total. The summed E-state index contributed by atoms with van der Waals surface area (Å²) in [5.41, 5.74) is 0. The second kappa shape index (κ2) is 7.92. The number of halogens is 2. The number of alkyl halides is 2. The van der Waals surface area contributed by atoms with Gasteiger partial charge in [0.15, 0.2) is 0 Å². The smallest absolute Gasteiger partial charge is 0.261 e. The van der Waals surface area contributed by atoms with Gasteiger partial charge in [0, 0.05) is 19.1 Å². The first kappa shape index (κ1) is 13.8. The summed E-state index contributed by atoms with van der Waals surface area (Å²) in [6, 6.07) is 0.526. The van der Waals surface area contributed by atoms with Gasteiger partial charge in [0.25, 0.3) is 6.43 Å². The molecule has 96 valence electrons. The van der Waals surface area contributed by atoms with Crippen LogP contribution >= 0.6 is 0 Å². The maximum atomic E-state index is 11.8. The highest BCUT2D eigenvalue weighted by Gasteiger charge is 2.15. The van der Waals surface area contributed by atoms with Gasteiger partial charge in [-0.3, -0.25) is 4.90 Å². The molecule has 0 radical (unpaired) electrons. The Bertz CT molecular complexity index is 181. The maximum absolute atomic E-state index is 11.8. The van der Waals surface area contributed by atoms with Crippen LogP contribution in [0.2, 0.25) is 0 Å². The molecule has 1 saturated heterocycles. The standard InChI is InChI=1S/C11H22F2N2O/c1-2-10-8-15(5-3-4-14-10)6-7-16-9-11(12)13/h10-11,14H,2-9H2,1H3. The van der Waals surface area contributed by atoms with E-state index >= 15 is 0 Å². The molecule has 0 aromatic rings. The van der Waals surface area contributed by atoms with Crippen molar-refractivity contribution in [3.05, 3.63) is 0 Å². The molecule has 0 aromatic carbocycles. The summed E-state index contributed by atoms with van der Waals surface area (Å²) in [5.74, 6) is 0. The van der Waals surface area contributed by atoms with E-state index < -0.39 is 13.0 Å². The van der Waals surface area contributed by atoms with Gasteiger partial charge in [0.1, 0.15) is 6.61 Å². The van der Waals surface area contributed by atoms with Gasteiger partial charge in [0.2, 0.25) is 0 Å². The summed E-state index contributed by atoms with van der Waals surface area (Å²) in [6.45, 7) is 5.95. The molecule has 1 atom stereocenters. The zero-order chi connectivity index (χ0) is 11.8. The van der Waals surface area contributed by atoms with Crippen molar-refractivity contribution in [1.29, 1.82) is 0 Å². The molecule has 0 saturated carbocycles. The molecular formula is C11H22F2N2O. The molecule has 0 spiro atoms. The lowest BCUT2D eigenvalue weighted by Crippen LogP contribution is -2.38. The van der Waals surface area contributed by atoms with Crippen LogP contribution in [0.5, 0.6) is 0 Å². The summed E-state index contributed by atoms with van der Waals surface area (Å²) in [6.07, 6.45) is -0.131. The fourth-order valence-corrected chi connectivity index (χ4v) is 1.92. The molecule has 3 nitrogen and oxygen atoms in total. The van der Waals surface area contributed by atoms with Gasteiger partial charge in [0.05, 0.1) is 6.61 Å². The van der Waals surface area contributed by atoms with Crippen LogP contribution in [-0.2, 0) is 4.74 Å². The summed E-state index contributed by atoms with van der Waals surface area (Å²) < 4.78 is 28.6. The summed E-state index contributed by atoms with van der Waals surface area (Å²) in [7, 11) is 0. The average molecular weight is 236 g/mol. The minimum absolute atomic E-state index is 0.404.